The molecule has 178 valence electrons. The van der Waals surface area contributed by atoms with Crippen LogP contribution >= 0.6 is 0 Å². The molecule has 0 spiro atoms. The predicted octanol–water partition coefficient (Wildman–Crippen LogP) is 2.90. The number of nitrogens with two attached hydrogens (primary N) is 2. The monoisotopic (exact) mass is 461 g/mol. The summed E-state index contributed by atoms with van der Waals surface area (Å²) in [4.78, 5) is 33.0. The average molecular weight is 462 g/mol. The van der Waals surface area contributed by atoms with Gasteiger partial charge in [-0.1, -0.05) is 13.8 Å². The molecule has 0 aromatic carbocycles. The molecule has 0 aliphatic carbocycles. The molecule has 4 heterocycles. The second-order valence-electron chi connectivity index (χ2n) is 9.03. The third kappa shape index (κ3) is 5.66. The lowest BCUT2D eigenvalue weighted by molar-refractivity contribution is 0.0989. The van der Waals surface area contributed by atoms with E-state index in [0.717, 1.165) is 37.2 Å². The lowest BCUT2D eigenvalue weighted by Gasteiger charge is -2.33. The van der Waals surface area contributed by atoms with Crippen molar-refractivity contribution in [3.63, 3.8) is 0 Å². The van der Waals surface area contributed by atoms with Crippen LogP contribution in [0.4, 0.5) is 11.4 Å². The summed E-state index contributed by atoms with van der Waals surface area (Å²) in [5, 5.41) is 0. The highest BCUT2D eigenvalue weighted by Gasteiger charge is 2.22. The molecule has 9 heteroatoms. The van der Waals surface area contributed by atoms with E-state index in [1.165, 1.54) is 0 Å². The smallest absolute Gasteiger partial charge is 0.232 e. The summed E-state index contributed by atoms with van der Waals surface area (Å²) in [6.45, 7) is 6.32. The molecule has 1 aliphatic rings. The Labute approximate surface area is 199 Å². The molecule has 0 unspecified atom stereocenters. The van der Waals surface area contributed by atoms with Crippen LogP contribution in [0.3, 0.4) is 0 Å². The number of anilines is 2. The van der Waals surface area contributed by atoms with Crippen molar-refractivity contribution in [3.8, 4) is 17.3 Å². The number of carbonyl (C=O) groups excluding carboxylic acids is 1. The van der Waals surface area contributed by atoms with Gasteiger partial charge in [-0.25, -0.2) is 9.97 Å². The van der Waals surface area contributed by atoms with E-state index in [1.807, 2.05) is 6.07 Å². The van der Waals surface area contributed by atoms with Crippen molar-refractivity contribution in [3.05, 3.63) is 54.2 Å². The van der Waals surface area contributed by atoms with Crippen LogP contribution in [0.15, 0.2) is 43.0 Å². The number of piperidine rings is 1. The van der Waals surface area contributed by atoms with Crippen molar-refractivity contribution in [1.82, 2.24) is 19.9 Å². The topological polar surface area (TPSA) is 133 Å². The van der Waals surface area contributed by atoms with Gasteiger partial charge in [0.2, 0.25) is 5.88 Å². The summed E-state index contributed by atoms with van der Waals surface area (Å²) in [7, 11) is 0. The Morgan fingerprint density at radius 3 is 2.79 bits per heavy atom. The number of hydrogen-bond acceptors (Lipinski definition) is 9. The van der Waals surface area contributed by atoms with Gasteiger partial charge < -0.3 is 21.1 Å². The van der Waals surface area contributed by atoms with Gasteiger partial charge in [-0.15, -0.1) is 0 Å². The molecule has 3 aromatic rings. The fraction of sp³-hybridized carbons (Fsp3) is 0.400. The van der Waals surface area contributed by atoms with E-state index in [-0.39, 0.29) is 23.9 Å². The number of rotatable bonds is 8. The molecule has 0 amide bonds. The number of pyridine rings is 2. The zero-order valence-electron chi connectivity index (χ0n) is 19.6. The van der Waals surface area contributed by atoms with Crippen LogP contribution in [0.1, 0.15) is 42.7 Å². The van der Waals surface area contributed by atoms with E-state index in [4.69, 9.17) is 16.2 Å². The Kier molecular flexibility index (Phi) is 7.32. The molecule has 1 aliphatic heterocycles. The van der Waals surface area contributed by atoms with Gasteiger partial charge in [0.15, 0.2) is 5.78 Å². The molecule has 1 saturated heterocycles. The Morgan fingerprint density at radius 1 is 1.15 bits per heavy atom. The number of carbonyl (C=O) groups is 1. The van der Waals surface area contributed by atoms with Crippen LogP contribution < -0.4 is 21.1 Å². The van der Waals surface area contributed by atoms with Gasteiger partial charge in [0.1, 0.15) is 11.4 Å². The molecule has 9 nitrogen and oxygen atoms in total. The zero-order chi connectivity index (χ0) is 24.1. The van der Waals surface area contributed by atoms with E-state index >= 15 is 0 Å². The molecule has 34 heavy (non-hydrogen) atoms. The Balaban J connectivity index is 1.57. The van der Waals surface area contributed by atoms with Gasteiger partial charge in [-0.3, -0.25) is 14.8 Å². The van der Waals surface area contributed by atoms with Crippen molar-refractivity contribution in [2.24, 2.45) is 11.7 Å². The maximum absolute atomic E-state index is 13.3. The van der Waals surface area contributed by atoms with Crippen LogP contribution in [0.2, 0.25) is 0 Å². The van der Waals surface area contributed by atoms with E-state index < -0.39 is 0 Å². The summed E-state index contributed by atoms with van der Waals surface area (Å²) in [5.41, 5.74) is 15.7. The minimum Gasteiger partial charge on any atom is -0.476 e. The van der Waals surface area contributed by atoms with Gasteiger partial charge in [-0.2, -0.15) is 0 Å². The highest BCUT2D eigenvalue weighted by Crippen LogP contribution is 2.26. The second-order valence-corrected chi connectivity index (χ2v) is 9.03. The van der Waals surface area contributed by atoms with Crippen LogP contribution in [-0.2, 0) is 6.42 Å². The maximum Gasteiger partial charge on any atom is 0.232 e. The molecule has 0 bridgehead atoms. The number of ether oxygens (including phenoxy) is 1. The lowest BCUT2D eigenvalue weighted by atomic mass is 10.0. The molecule has 0 saturated carbocycles. The zero-order valence-corrected chi connectivity index (χ0v) is 19.6. The van der Waals surface area contributed by atoms with E-state index in [0.29, 0.717) is 35.5 Å². The van der Waals surface area contributed by atoms with Crippen molar-refractivity contribution in [1.29, 1.82) is 0 Å². The van der Waals surface area contributed by atoms with Crippen molar-refractivity contribution < 1.29 is 9.53 Å². The largest absolute Gasteiger partial charge is 0.476 e. The molecule has 0 radical (unpaired) electrons. The molecular formula is C25H31N7O2. The van der Waals surface area contributed by atoms with Gasteiger partial charge >= 0.3 is 0 Å². The third-order valence-corrected chi connectivity index (χ3v) is 5.66. The van der Waals surface area contributed by atoms with Gasteiger partial charge in [-0.05, 0) is 37.0 Å². The predicted molar refractivity (Wildman–Crippen MR) is 132 cm³/mol. The average Bonchev–Trinajstić information content (AvgIpc) is 2.83. The highest BCUT2D eigenvalue weighted by atomic mass is 16.5. The molecule has 3 aromatic heterocycles. The van der Waals surface area contributed by atoms with Gasteiger partial charge in [0, 0.05) is 49.2 Å². The molecular weight excluding hydrogens is 430 g/mol. The third-order valence-electron chi connectivity index (χ3n) is 5.66. The maximum atomic E-state index is 13.3. The number of Topliss-reactive ketones (excluding diaryl/α,β-unsaturated/α-hetero) is 1. The fourth-order valence-corrected chi connectivity index (χ4v) is 3.98. The fourth-order valence-electron chi connectivity index (χ4n) is 3.98. The highest BCUT2D eigenvalue weighted by molar-refractivity contribution is 6.01. The van der Waals surface area contributed by atoms with Crippen LogP contribution in [0.5, 0.6) is 5.88 Å². The van der Waals surface area contributed by atoms with Gasteiger partial charge in [0.25, 0.3) is 0 Å². The van der Waals surface area contributed by atoms with E-state index in [2.05, 4.69) is 38.7 Å². The van der Waals surface area contributed by atoms with Crippen LogP contribution in [0, 0.1) is 5.92 Å². The number of nitrogens with zero attached hydrogens (tertiary/aromatic N) is 5. The summed E-state index contributed by atoms with van der Waals surface area (Å²) >= 11 is 0. The number of hydrogen-bond donors (Lipinski definition) is 2. The number of nitrogen functional groups attached to an aromatic ring is 1. The van der Waals surface area contributed by atoms with Crippen molar-refractivity contribution >= 4 is 17.2 Å². The van der Waals surface area contributed by atoms with E-state index in [1.54, 1.807) is 36.9 Å². The molecule has 1 fully saturated rings. The quantitative estimate of drug-likeness (QED) is 0.486. The van der Waals surface area contributed by atoms with Crippen molar-refractivity contribution in [2.75, 3.05) is 30.3 Å². The standard InChI is InChI=1S/C25H31N7O2/c1-16(2)15-34-24-13-29-12-21(30-24)20-6-5-19(27)25(31-20)23(33)10-17-11-28-8-7-22(17)32-9-3-4-18(26)14-32/h5-8,11-13,16,18H,3-4,9-10,14-15,26-27H2,1-2H3/t18-/m0/s1. The Bertz CT molecular complexity index is 1150. The number of aromatic nitrogens is 4. The Morgan fingerprint density at radius 2 is 2.00 bits per heavy atom. The van der Waals surface area contributed by atoms with Crippen LogP contribution in [0.25, 0.3) is 11.4 Å². The number of ketones is 1. The minimum atomic E-state index is -0.185. The SMILES string of the molecule is CC(C)COc1cncc(-c2ccc(N)c(C(=O)Cc3cnccc3N3CCC[C@H](N)C3)n2)n1. The first kappa shape index (κ1) is 23.6. The van der Waals surface area contributed by atoms with E-state index in [9.17, 15) is 4.79 Å². The first-order valence-corrected chi connectivity index (χ1v) is 11.6. The second kappa shape index (κ2) is 10.6. The van der Waals surface area contributed by atoms with Crippen molar-refractivity contribution in [2.45, 2.75) is 39.2 Å². The van der Waals surface area contributed by atoms with Crippen LogP contribution in [-0.4, -0.2) is 51.5 Å². The minimum absolute atomic E-state index is 0.126. The normalized spacial score (nSPS) is 16.0. The first-order valence-electron chi connectivity index (χ1n) is 11.6. The summed E-state index contributed by atoms with van der Waals surface area (Å²) in [5.74, 6) is 0.592. The summed E-state index contributed by atoms with van der Waals surface area (Å²) in [6, 6.07) is 5.46. The summed E-state index contributed by atoms with van der Waals surface area (Å²) in [6.07, 6.45) is 8.79. The first-order chi connectivity index (χ1) is 16.4. The summed E-state index contributed by atoms with van der Waals surface area (Å²) < 4.78 is 5.67. The molecule has 4 rings (SSSR count). The Hall–Kier alpha value is -3.59. The lowest BCUT2D eigenvalue weighted by Crippen LogP contribution is -2.43. The molecule has 4 N–H and O–H groups in total. The van der Waals surface area contributed by atoms with Gasteiger partial charge in [0.05, 0.1) is 30.4 Å². The molecule has 1 atom stereocenters.